The second-order valence-corrected chi connectivity index (χ2v) is 5.00. The molecule has 0 heterocycles. The zero-order valence-electron chi connectivity index (χ0n) is 9.94. The van der Waals surface area contributed by atoms with Gasteiger partial charge in [-0.2, -0.15) is 0 Å². The van der Waals surface area contributed by atoms with Crippen LogP contribution in [0.5, 0.6) is 0 Å². The summed E-state index contributed by atoms with van der Waals surface area (Å²) in [7, 11) is 0. The molecule has 0 amide bonds. The third-order valence-electron chi connectivity index (χ3n) is 3.24. The van der Waals surface area contributed by atoms with Crippen LogP contribution in [-0.4, -0.2) is 25.8 Å². The molecule has 1 N–H and O–H groups in total. The number of ether oxygens (including phenoxy) is 1. The number of hydrogen-bond donors (Lipinski definition) is 1. The van der Waals surface area contributed by atoms with Gasteiger partial charge in [0.05, 0.1) is 6.61 Å². The monoisotopic (exact) mass is 199 g/mol. The highest BCUT2D eigenvalue weighted by molar-refractivity contribution is 4.89. The van der Waals surface area contributed by atoms with Crippen molar-refractivity contribution in [2.75, 3.05) is 19.8 Å². The molecule has 1 fully saturated rings. The lowest BCUT2D eigenvalue weighted by Gasteiger charge is -2.27. The van der Waals surface area contributed by atoms with Crippen LogP contribution in [0.15, 0.2) is 0 Å². The minimum atomic E-state index is 0.491. The van der Waals surface area contributed by atoms with Crippen LogP contribution < -0.4 is 5.32 Å². The predicted octanol–water partition coefficient (Wildman–Crippen LogP) is 2.58. The molecule has 1 atom stereocenters. The summed E-state index contributed by atoms with van der Waals surface area (Å²) in [6.45, 7) is 9.65. The second kappa shape index (κ2) is 5.72. The Hall–Kier alpha value is -0.0800. The smallest absolute Gasteiger partial charge is 0.0591 e. The summed E-state index contributed by atoms with van der Waals surface area (Å²) in [6.07, 6.45) is 5.19. The summed E-state index contributed by atoms with van der Waals surface area (Å²) in [5, 5.41) is 3.61. The van der Waals surface area contributed by atoms with Gasteiger partial charge < -0.3 is 10.1 Å². The standard InChI is InChI=1S/C12H25NO/c1-4-9-14-10-8-13-11-6-5-7-12(11,2)3/h11,13H,4-10H2,1-3H3. The van der Waals surface area contributed by atoms with Gasteiger partial charge in [-0.3, -0.25) is 0 Å². The van der Waals surface area contributed by atoms with Crippen molar-refractivity contribution in [1.82, 2.24) is 5.32 Å². The molecule has 1 rings (SSSR count). The lowest BCUT2D eigenvalue weighted by atomic mass is 9.87. The number of nitrogens with one attached hydrogen (secondary N) is 1. The van der Waals surface area contributed by atoms with E-state index in [1.54, 1.807) is 0 Å². The minimum absolute atomic E-state index is 0.491. The van der Waals surface area contributed by atoms with Gasteiger partial charge in [0, 0.05) is 19.2 Å². The van der Waals surface area contributed by atoms with E-state index >= 15 is 0 Å². The first-order chi connectivity index (χ1) is 6.67. The largest absolute Gasteiger partial charge is 0.380 e. The van der Waals surface area contributed by atoms with Gasteiger partial charge >= 0.3 is 0 Å². The summed E-state index contributed by atoms with van der Waals surface area (Å²) in [6, 6.07) is 0.702. The van der Waals surface area contributed by atoms with E-state index in [1.165, 1.54) is 19.3 Å². The summed E-state index contributed by atoms with van der Waals surface area (Å²) in [5.74, 6) is 0. The average Bonchev–Trinajstić information content (AvgIpc) is 2.45. The Balaban J connectivity index is 2.06. The van der Waals surface area contributed by atoms with Crippen LogP contribution in [0.3, 0.4) is 0 Å². The van der Waals surface area contributed by atoms with Gasteiger partial charge in [0.25, 0.3) is 0 Å². The van der Waals surface area contributed by atoms with E-state index in [-0.39, 0.29) is 0 Å². The maximum Gasteiger partial charge on any atom is 0.0591 e. The van der Waals surface area contributed by atoms with Crippen molar-refractivity contribution in [3.05, 3.63) is 0 Å². The molecule has 0 aromatic rings. The number of rotatable bonds is 6. The molecule has 0 aliphatic heterocycles. The van der Waals surface area contributed by atoms with Crippen molar-refractivity contribution < 1.29 is 4.74 Å². The maximum atomic E-state index is 5.45. The topological polar surface area (TPSA) is 21.3 Å². The predicted molar refractivity (Wildman–Crippen MR) is 60.5 cm³/mol. The quantitative estimate of drug-likeness (QED) is 0.664. The fourth-order valence-electron chi connectivity index (χ4n) is 2.26. The molecular formula is C12H25NO. The normalized spacial score (nSPS) is 25.5. The number of hydrogen-bond acceptors (Lipinski definition) is 2. The Bertz CT molecular complexity index is 156. The van der Waals surface area contributed by atoms with Gasteiger partial charge in [0.15, 0.2) is 0 Å². The molecule has 2 heteroatoms. The van der Waals surface area contributed by atoms with Crippen molar-refractivity contribution in [2.24, 2.45) is 5.41 Å². The lowest BCUT2D eigenvalue weighted by Crippen LogP contribution is -2.39. The first-order valence-corrected chi connectivity index (χ1v) is 5.98. The Morgan fingerprint density at radius 1 is 1.36 bits per heavy atom. The zero-order valence-corrected chi connectivity index (χ0v) is 9.94. The SMILES string of the molecule is CCCOCCNC1CCCC1(C)C. The summed E-state index contributed by atoms with van der Waals surface area (Å²) >= 11 is 0. The third-order valence-corrected chi connectivity index (χ3v) is 3.24. The van der Waals surface area contributed by atoms with Gasteiger partial charge in [-0.25, -0.2) is 0 Å². The first kappa shape index (κ1) is 12.0. The van der Waals surface area contributed by atoms with E-state index in [0.29, 0.717) is 11.5 Å². The fourth-order valence-corrected chi connectivity index (χ4v) is 2.26. The molecule has 0 radical (unpaired) electrons. The van der Waals surface area contributed by atoms with Crippen LogP contribution in [0.25, 0.3) is 0 Å². The van der Waals surface area contributed by atoms with Crippen LogP contribution >= 0.6 is 0 Å². The van der Waals surface area contributed by atoms with Gasteiger partial charge in [-0.15, -0.1) is 0 Å². The molecule has 0 aromatic heterocycles. The fraction of sp³-hybridized carbons (Fsp3) is 1.00. The molecular weight excluding hydrogens is 174 g/mol. The summed E-state index contributed by atoms with van der Waals surface area (Å²) in [5.41, 5.74) is 0.491. The molecule has 1 aliphatic carbocycles. The van der Waals surface area contributed by atoms with Crippen molar-refractivity contribution >= 4 is 0 Å². The summed E-state index contributed by atoms with van der Waals surface area (Å²) in [4.78, 5) is 0. The van der Waals surface area contributed by atoms with Crippen LogP contribution in [0.2, 0.25) is 0 Å². The molecule has 84 valence electrons. The molecule has 1 unspecified atom stereocenters. The van der Waals surface area contributed by atoms with E-state index in [2.05, 4.69) is 26.1 Å². The second-order valence-electron chi connectivity index (χ2n) is 5.00. The molecule has 1 aliphatic rings. The van der Waals surface area contributed by atoms with Crippen molar-refractivity contribution in [2.45, 2.75) is 52.5 Å². The van der Waals surface area contributed by atoms with Crippen LogP contribution in [-0.2, 0) is 4.74 Å². The van der Waals surface area contributed by atoms with Crippen molar-refractivity contribution in [3.8, 4) is 0 Å². The molecule has 0 bridgehead atoms. The molecule has 14 heavy (non-hydrogen) atoms. The minimum Gasteiger partial charge on any atom is -0.380 e. The average molecular weight is 199 g/mol. The van der Waals surface area contributed by atoms with Gasteiger partial charge in [-0.05, 0) is 24.7 Å². The Kier molecular flexibility index (Phi) is 4.90. The molecule has 0 saturated heterocycles. The van der Waals surface area contributed by atoms with Crippen LogP contribution in [0.4, 0.5) is 0 Å². The maximum absolute atomic E-state index is 5.45. The molecule has 0 aromatic carbocycles. The highest BCUT2D eigenvalue weighted by Crippen LogP contribution is 2.36. The molecule has 2 nitrogen and oxygen atoms in total. The third kappa shape index (κ3) is 3.58. The zero-order chi connectivity index (χ0) is 10.4. The Labute approximate surface area is 88.4 Å². The van der Waals surface area contributed by atoms with Crippen molar-refractivity contribution in [1.29, 1.82) is 0 Å². The van der Waals surface area contributed by atoms with E-state index in [4.69, 9.17) is 4.74 Å². The Morgan fingerprint density at radius 2 is 2.14 bits per heavy atom. The van der Waals surface area contributed by atoms with E-state index in [0.717, 1.165) is 26.2 Å². The summed E-state index contributed by atoms with van der Waals surface area (Å²) < 4.78 is 5.45. The molecule has 1 saturated carbocycles. The molecule has 0 spiro atoms. The lowest BCUT2D eigenvalue weighted by molar-refractivity contribution is 0.129. The highest BCUT2D eigenvalue weighted by atomic mass is 16.5. The van der Waals surface area contributed by atoms with E-state index in [1.807, 2.05) is 0 Å². The Morgan fingerprint density at radius 3 is 2.71 bits per heavy atom. The van der Waals surface area contributed by atoms with Gasteiger partial charge in [-0.1, -0.05) is 27.2 Å². The van der Waals surface area contributed by atoms with Crippen LogP contribution in [0, 0.1) is 5.41 Å². The van der Waals surface area contributed by atoms with Crippen molar-refractivity contribution in [3.63, 3.8) is 0 Å². The van der Waals surface area contributed by atoms with Gasteiger partial charge in [0.2, 0.25) is 0 Å². The van der Waals surface area contributed by atoms with E-state index < -0.39 is 0 Å². The van der Waals surface area contributed by atoms with Crippen LogP contribution in [0.1, 0.15) is 46.5 Å². The van der Waals surface area contributed by atoms with E-state index in [9.17, 15) is 0 Å². The first-order valence-electron chi connectivity index (χ1n) is 5.98. The highest BCUT2D eigenvalue weighted by Gasteiger charge is 2.33. The van der Waals surface area contributed by atoms with Gasteiger partial charge in [0.1, 0.15) is 0 Å².